The molecule has 1 aromatic rings. The van der Waals surface area contributed by atoms with E-state index < -0.39 is 6.16 Å². The largest absolute Gasteiger partial charge is 0.513 e. The summed E-state index contributed by atoms with van der Waals surface area (Å²) in [7, 11) is 0. The summed E-state index contributed by atoms with van der Waals surface area (Å²) < 4.78 is 9.73. The summed E-state index contributed by atoms with van der Waals surface area (Å²) in [6.45, 7) is 2.33. The third kappa shape index (κ3) is 4.79. The molecule has 0 heterocycles. The maximum Gasteiger partial charge on any atom is 0.513 e. The predicted octanol–water partition coefficient (Wildman–Crippen LogP) is 2.28. The smallest absolute Gasteiger partial charge is 0.434 e. The maximum absolute atomic E-state index is 11.2. The van der Waals surface area contributed by atoms with Gasteiger partial charge in [0.2, 0.25) is 0 Å². The summed E-state index contributed by atoms with van der Waals surface area (Å²) >= 11 is 0. The van der Waals surface area contributed by atoms with Crippen molar-refractivity contribution in [1.29, 1.82) is 0 Å². The third-order valence-corrected chi connectivity index (χ3v) is 1.99. The molecule has 1 rings (SSSR count). The second-order valence-corrected chi connectivity index (χ2v) is 3.44. The monoisotopic (exact) mass is 224 g/mol. The molecule has 0 unspecified atom stereocenters. The van der Waals surface area contributed by atoms with Gasteiger partial charge in [-0.05, 0) is 31.9 Å². The van der Waals surface area contributed by atoms with Crippen LogP contribution in [0.25, 0.3) is 0 Å². The fraction of sp³-hybridized carbons (Fsp3) is 0.417. The molecule has 0 aliphatic rings. The highest BCUT2D eigenvalue weighted by Crippen LogP contribution is 2.12. The number of carbonyl (C=O) groups is 1. The average molecular weight is 224 g/mol. The lowest BCUT2D eigenvalue weighted by Crippen LogP contribution is -2.11. The predicted molar refractivity (Wildman–Crippen MR) is 59.5 cm³/mol. The molecule has 4 nitrogen and oxygen atoms in total. The van der Waals surface area contributed by atoms with E-state index in [1.807, 2.05) is 19.1 Å². The molecule has 16 heavy (non-hydrogen) atoms. The molecule has 4 heteroatoms. The van der Waals surface area contributed by atoms with Gasteiger partial charge in [0.25, 0.3) is 0 Å². The van der Waals surface area contributed by atoms with E-state index in [2.05, 4.69) is 0 Å². The molecule has 0 saturated heterocycles. The number of aryl methyl sites for hydroxylation is 1. The van der Waals surface area contributed by atoms with Crippen molar-refractivity contribution in [3.8, 4) is 5.75 Å². The van der Waals surface area contributed by atoms with Crippen LogP contribution in [0.2, 0.25) is 0 Å². The van der Waals surface area contributed by atoms with Crippen molar-refractivity contribution in [2.24, 2.45) is 0 Å². The molecule has 88 valence electrons. The van der Waals surface area contributed by atoms with E-state index in [-0.39, 0.29) is 13.2 Å². The van der Waals surface area contributed by atoms with Crippen LogP contribution in [-0.2, 0) is 4.74 Å². The van der Waals surface area contributed by atoms with Crippen molar-refractivity contribution < 1.29 is 19.4 Å². The molecular formula is C12H16O4. The Bertz CT molecular complexity index is 318. The Morgan fingerprint density at radius 3 is 2.56 bits per heavy atom. The van der Waals surface area contributed by atoms with Crippen molar-refractivity contribution in [1.82, 2.24) is 0 Å². The van der Waals surface area contributed by atoms with E-state index in [9.17, 15) is 4.79 Å². The van der Waals surface area contributed by atoms with Crippen LogP contribution in [0.5, 0.6) is 5.75 Å². The van der Waals surface area contributed by atoms with Crippen LogP contribution in [0.15, 0.2) is 24.3 Å². The Hall–Kier alpha value is -1.55. The van der Waals surface area contributed by atoms with Crippen LogP contribution < -0.4 is 4.74 Å². The minimum atomic E-state index is -0.707. The topological polar surface area (TPSA) is 55.8 Å². The van der Waals surface area contributed by atoms with Crippen molar-refractivity contribution in [2.45, 2.75) is 19.8 Å². The summed E-state index contributed by atoms with van der Waals surface area (Å²) in [5, 5.41) is 8.52. The van der Waals surface area contributed by atoms with Crippen molar-refractivity contribution in [3.05, 3.63) is 29.8 Å². The Kier molecular flexibility index (Phi) is 5.36. The fourth-order valence-corrected chi connectivity index (χ4v) is 1.10. The second-order valence-electron chi connectivity index (χ2n) is 3.44. The van der Waals surface area contributed by atoms with Crippen LogP contribution in [0.4, 0.5) is 4.79 Å². The Labute approximate surface area is 94.8 Å². The molecular weight excluding hydrogens is 208 g/mol. The van der Waals surface area contributed by atoms with Gasteiger partial charge in [0, 0.05) is 6.61 Å². The number of aliphatic hydroxyl groups is 1. The number of rotatable bonds is 5. The quantitative estimate of drug-likeness (QED) is 0.473. The zero-order chi connectivity index (χ0) is 11.8. The number of benzene rings is 1. The van der Waals surface area contributed by atoms with Crippen LogP contribution >= 0.6 is 0 Å². The Morgan fingerprint density at radius 1 is 1.25 bits per heavy atom. The van der Waals surface area contributed by atoms with Gasteiger partial charge in [-0.2, -0.15) is 0 Å². The number of hydrogen-bond donors (Lipinski definition) is 1. The number of unbranched alkanes of at least 4 members (excludes halogenated alkanes) is 1. The van der Waals surface area contributed by atoms with E-state index in [1.165, 1.54) is 0 Å². The molecule has 1 N–H and O–H groups in total. The van der Waals surface area contributed by atoms with Gasteiger partial charge in [0.15, 0.2) is 0 Å². The molecule has 0 aliphatic heterocycles. The van der Waals surface area contributed by atoms with Gasteiger partial charge < -0.3 is 14.6 Å². The molecule has 0 saturated carbocycles. The number of aliphatic hydroxyl groups excluding tert-OH is 1. The van der Waals surface area contributed by atoms with Gasteiger partial charge in [-0.25, -0.2) is 4.79 Å². The standard InChI is InChI=1S/C12H16O4/c1-10-4-6-11(7-5-10)16-12(14)15-9-3-2-8-13/h4-7,13H,2-3,8-9H2,1H3. The number of hydrogen-bond acceptors (Lipinski definition) is 4. The van der Waals surface area contributed by atoms with Gasteiger partial charge in [-0.15, -0.1) is 0 Å². The minimum absolute atomic E-state index is 0.108. The highest BCUT2D eigenvalue weighted by molar-refractivity contribution is 5.63. The Morgan fingerprint density at radius 2 is 1.94 bits per heavy atom. The van der Waals surface area contributed by atoms with Gasteiger partial charge in [0.1, 0.15) is 5.75 Å². The summed E-state index contributed by atoms with van der Waals surface area (Å²) in [5.74, 6) is 0.470. The molecule has 1 aromatic carbocycles. The van der Waals surface area contributed by atoms with E-state index in [4.69, 9.17) is 14.6 Å². The fourth-order valence-electron chi connectivity index (χ4n) is 1.10. The highest BCUT2D eigenvalue weighted by Gasteiger charge is 2.04. The van der Waals surface area contributed by atoms with Crippen molar-refractivity contribution in [3.63, 3.8) is 0 Å². The first-order chi connectivity index (χ1) is 7.72. The average Bonchev–Trinajstić information content (AvgIpc) is 2.28. The second kappa shape index (κ2) is 6.85. The summed E-state index contributed by atoms with van der Waals surface area (Å²) in [4.78, 5) is 11.2. The van der Waals surface area contributed by atoms with Crippen molar-refractivity contribution >= 4 is 6.16 Å². The lowest BCUT2D eigenvalue weighted by atomic mass is 10.2. The van der Waals surface area contributed by atoms with E-state index in [1.54, 1.807) is 12.1 Å². The zero-order valence-electron chi connectivity index (χ0n) is 9.31. The van der Waals surface area contributed by atoms with E-state index in [0.29, 0.717) is 18.6 Å². The first kappa shape index (κ1) is 12.5. The lowest BCUT2D eigenvalue weighted by Gasteiger charge is -2.05. The van der Waals surface area contributed by atoms with Gasteiger partial charge in [-0.1, -0.05) is 17.7 Å². The SMILES string of the molecule is Cc1ccc(OC(=O)OCCCCO)cc1. The first-order valence-electron chi connectivity index (χ1n) is 5.24. The van der Waals surface area contributed by atoms with Gasteiger partial charge in [-0.3, -0.25) is 0 Å². The molecule has 0 spiro atoms. The molecule has 0 aliphatic carbocycles. The molecule has 0 fully saturated rings. The van der Waals surface area contributed by atoms with Crippen LogP contribution in [0.3, 0.4) is 0 Å². The van der Waals surface area contributed by atoms with E-state index >= 15 is 0 Å². The van der Waals surface area contributed by atoms with Gasteiger partial charge >= 0.3 is 6.16 Å². The maximum atomic E-state index is 11.2. The van der Waals surface area contributed by atoms with E-state index in [0.717, 1.165) is 5.56 Å². The lowest BCUT2D eigenvalue weighted by molar-refractivity contribution is 0.0957. The van der Waals surface area contributed by atoms with Crippen LogP contribution in [0.1, 0.15) is 18.4 Å². The summed E-state index contributed by atoms with van der Waals surface area (Å²) in [5.41, 5.74) is 1.10. The zero-order valence-corrected chi connectivity index (χ0v) is 9.31. The van der Waals surface area contributed by atoms with Crippen LogP contribution in [0, 0.1) is 6.92 Å². The normalized spacial score (nSPS) is 9.88. The molecule has 0 atom stereocenters. The highest BCUT2D eigenvalue weighted by atomic mass is 16.7. The minimum Gasteiger partial charge on any atom is -0.434 e. The molecule has 0 radical (unpaired) electrons. The third-order valence-electron chi connectivity index (χ3n) is 1.99. The first-order valence-corrected chi connectivity index (χ1v) is 5.24. The number of carbonyl (C=O) groups excluding carboxylic acids is 1. The van der Waals surface area contributed by atoms with Crippen molar-refractivity contribution in [2.75, 3.05) is 13.2 Å². The molecule has 0 bridgehead atoms. The number of ether oxygens (including phenoxy) is 2. The van der Waals surface area contributed by atoms with Gasteiger partial charge in [0.05, 0.1) is 6.61 Å². The van der Waals surface area contributed by atoms with Crippen LogP contribution in [-0.4, -0.2) is 24.5 Å². The molecule has 0 aromatic heterocycles. The summed E-state index contributed by atoms with van der Waals surface area (Å²) in [6.07, 6.45) is 0.555. The molecule has 0 amide bonds. The summed E-state index contributed by atoms with van der Waals surface area (Å²) in [6, 6.07) is 7.14. The Balaban J connectivity index is 2.26.